The Labute approximate surface area is 168 Å². The molecule has 0 saturated carbocycles. The topological polar surface area (TPSA) is 66.5 Å². The van der Waals surface area contributed by atoms with E-state index in [0.717, 1.165) is 16.1 Å². The van der Waals surface area contributed by atoms with Gasteiger partial charge in [-0.2, -0.15) is 0 Å². The van der Waals surface area contributed by atoms with E-state index in [1.54, 1.807) is 12.1 Å². The lowest BCUT2D eigenvalue weighted by Gasteiger charge is -2.23. The highest BCUT2D eigenvalue weighted by atomic mass is 35.5. The maximum Gasteiger partial charge on any atom is 0.240 e. The van der Waals surface area contributed by atoms with E-state index in [9.17, 15) is 17.6 Å². The molecule has 0 aromatic heterocycles. The summed E-state index contributed by atoms with van der Waals surface area (Å²) in [6, 6.07) is 10.5. The lowest BCUT2D eigenvalue weighted by atomic mass is 10.1. The van der Waals surface area contributed by atoms with Crippen LogP contribution in [0, 0.1) is 5.82 Å². The predicted octanol–water partition coefficient (Wildman–Crippen LogP) is 3.65. The lowest BCUT2D eigenvalue weighted by molar-refractivity contribution is -0.119. The summed E-state index contributed by atoms with van der Waals surface area (Å²) < 4.78 is 37.9. The summed E-state index contributed by atoms with van der Waals surface area (Å²) in [7, 11) is -3.72. The van der Waals surface area contributed by atoms with E-state index < -0.39 is 22.5 Å². The molecule has 2 rings (SSSR count). The Hall–Kier alpha value is -1.83. The van der Waals surface area contributed by atoms with Crippen LogP contribution < -0.4 is 9.62 Å². The number of anilines is 1. The predicted molar refractivity (Wildman–Crippen MR) is 106 cm³/mol. The van der Waals surface area contributed by atoms with Crippen LogP contribution in [0.2, 0.25) is 10.0 Å². The van der Waals surface area contributed by atoms with E-state index in [1.165, 1.54) is 30.3 Å². The van der Waals surface area contributed by atoms with Crippen molar-refractivity contribution in [3.8, 4) is 0 Å². The standard InChI is InChI=1S/C18H19Cl2FN2O3S/c1-27(25,26)23(17-9-6-14(19)11-16(17)20)12-18(24)22-10-2-3-13-4-7-15(21)8-5-13/h4-9,11H,2-3,10,12H2,1H3,(H,22,24). The number of halogens is 3. The number of nitrogens with one attached hydrogen (secondary N) is 1. The molecule has 0 aliphatic rings. The van der Waals surface area contributed by atoms with Gasteiger partial charge in [0.05, 0.1) is 17.0 Å². The summed E-state index contributed by atoms with van der Waals surface area (Å²) in [4.78, 5) is 12.2. The minimum Gasteiger partial charge on any atom is -0.355 e. The lowest BCUT2D eigenvalue weighted by Crippen LogP contribution is -2.40. The van der Waals surface area contributed by atoms with Crippen molar-refractivity contribution in [1.82, 2.24) is 5.32 Å². The van der Waals surface area contributed by atoms with Crippen molar-refractivity contribution in [3.63, 3.8) is 0 Å². The molecule has 9 heteroatoms. The van der Waals surface area contributed by atoms with Gasteiger partial charge in [-0.15, -0.1) is 0 Å². The third-order valence-corrected chi connectivity index (χ3v) is 5.41. The van der Waals surface area contributed by atoms with E-state index >= 15 is 0 Å². The molecule has 5 nitrogen and oxygen atoms in total. The van der Waals surface area contributed by atoms with Crippen molar-refractivity contribution in [1.29, 1.82) is 0 Å². The van der Waals surface area contributed by atoms with Gasteiger partial charge in [0.1, 0.15) is 12.4 Å². The number of benzene rings is 2. The van der Waals surface area contributed by atoms with Gasteiger partial charge in [0.2, 0.25) is 15.9 Å². The summed E-state index contributed by atoms with van der Waals surface area (Å²) in [5.41, 5.74) is 1.14. The summed E-state index contributed by atoms with van der Waals surface area (Å²) in [5, 5.41) is 3.18. The fraction of sp³-hybridized carbons (Fsp3) is 0.278. The van der Waals surface area contributed by atoms with Crippen LogP contribution in [-0.4, -0.2) is 33.7 Å². The van der Waals surface area contributed by atoms with Gasteiger partial charge < -0.3 is 5.32 Å². The monoisotopic (exact) mass is 432 g/mol. The zero-order valence-corrected chi connectivity index (χ0v) is 16.9. The van der Waals surface area contributed by atoms with Crippen LogP contribution in [0.4, 0.5) is 10.1 Å². The maximum absolute atomic E-state index is 12.9. The Balaban J connectivity index is 1.93. The van der Waals surface area contributed by atoms with E-state index in [4.69, 9.17) is 23.2 Å². The molecule has 0 aliphatic heterocycles. The van der Waals surface area contributed by atoms with Crippen LogP contribution in [0.5, 0.6) is 0 Å². The highest BCUT2D eigenvalue weighted by molar-refractivity contribution is 7.92. The van der Waals surface area contributed by atoms with E-state index in [-0.39, 0.29) is 16.5 Å². The molecule has 2 aromatic carbocycles. The SMILES string of the molecule is CS(=O)(=O)N(CC(=O)NCCCc1ccc(F)cc1)c1ccc(Cl)cc1Cl. The minimum atomic E-state index is -3.72. The van der Waals surface area contributed by atoms with Crippen LogP contribution in [0.25, 0.3) is 0 Å². The van der Waals surface area contributed by atoms with Crippen molar-refractivity contribution in [3.05, 3.63) is 63.9 Å². The molecule has 0 bridgehead atoms. The van der Waals surface area contributed by atoms with E-state index in [0.29, 0.717) is 24.4 Å². The van der Waals surface area contributed by atoms with Crippen molar-refractivity contribution < 1.29 is 17.6 Å². The first-order valence-electron chi connectivity index (χ1n) is 8.11. The molecule has 0 spiro atoms. The van der Waals surface area contributed by atoms with Crippen LogP contribution in [0.15, 0.2) is 42.5 Å². The Morgan fingerprint density at radius 1 is 1.15 bits per heavy atom. The highest BCUT2D eigenvalue weighted by Crippen LogP contribution is 2.30. The van der Waals surface area contributed by atoms with Gasteiger partial charge in [0.25, 0.3) is 0 Å². The second-order valence-electron chi connectivity index (χ2n) is 5.95. The molecule has 1 N–H and O–H groups in total. The average Bonchev–Trinajstić information content (AvgIpc) is 2.58. The fourth-order valence-electron chi connectivity index (χ4n) is 2.42. The smallest absolute Gasteiger partial charge is 0.240 e. The zero-order chi connectivity index (χ0) is 20.0. The first-order chi connectivity index (χ1) is 12.7. The maximum atomic E-state index is 12.9. The van der Waals surface area contributed by atoms with Gasteiger partial charge in [-0.3, -0.25) is 9.10 Å². The first-order valence-corrected chi connectivity index (χ1v) is 10.7. The summed E-state index contributed by atoms with van der Waals surface area (Å²) in [6.45, 7) is -0.0289. The van der Waals surface area contributed by atoms with Crippen LogP contribution >= 0.6 is 23.2 Å². The minimum absolute atomic E-state index is 0.136. The van der Waals surface area contributed by atoms with Gasteiger partial charge in [0, 0.05) is 11.6 Å². The first kappa shape index (κ1) is 21.5. The van der Waals surface area contributed by atoms with Gasteiger partial charge in [-0.25, -0.2) is 12.8 Å². The second kappa shape index (κ2) is 9.39. The van der Waals surface area contributed by atoms with Gasteiger partial charge in [-0.1, -0.05) is 35.3 Å². The van der Waals surface area contributed by atoms with Crippen molar-refractivity contribution in [2.24, 2.45) is 0 Å². The van der Waals surface area contributed by atoms with Crippen LogP contribution in [0.3, 0.4) is 0 Å². The fourth-order valence-corrected chi connectivity index (χ4v) is 3.85. The molecular weight excluding hydrogens is 414 g/mol. The van der Waals surface area contributed by atoms with Gasteiger partial charge >= 0.3 is 0 Å². The molecule has 0 unspecified atom stereocenters. The number of carbonyl (C=O) groups excluding carboxylic acids is 1. The molecular formula is C18H19Cl2FN2O3S. The van der Waals surface area contributed by atoms with E-state index in [2.05, 4.69) is 5.32 Å². The number of rotatable bonds is 8. The number of amides is 1. The van der Waals surface area contributed by atoms with Crippen molar-refractivity contribution >= 4 is 44.8 Å². The number of sulfonamides is 1. The number of hydrogen-bond acceptors (Lipinski definition) is 3. The molecule has 0 atom stereocenters. The third-order valence-electron chi connectivity index (χ3n) is 3.74. The quantitative estimate of drug-likeness (QED) is 0.647. The number of aryl methyl sites for hydroxylation is 1. The van der Waals surface area contributed by atoms with Gasteiger partial charge in [0.15, 0.2) is 0 Å². The Morgan fingerprint density at radius 3 is 2.41 bits per heavy atom. The molecule has 1 amide bonds. The molecule has 0 fully saturated rings. The number of nitrogens with zero attached hydrogens (tertiary/aromatic N) is 1. The van der Waals surface area contributed by atoms with Gasteiger partial charge in [-0.05, 0) is 48.7 Å². The Morgan fingerprint density at radius 2 is 1.81 bits per heavy atom. The Bertz CT molecular complexity index is 905. The van der Waals surface area contributed by atoms with Crippen molar-refractivity contribution in [2.75, 3.05) is 23.7 Å². The van der Waals surface area contributed by atoms with Crippen LogP contribution in [-0.2, 0) is 21.2 Å². The molecule has 0 aliphatic carbocycles. The number of hydrogen-bond donors (Lipinski definition) is 1. The largest absolute Gasteiger partial charge is 0.355 e. The summed E-state index contributed by atoms with van der Waals surface area (Å²) in [5.74, 6) is -0.751. The molecule has 0 saturated heterocycles. The van der Waals surface area contributed by atoms with Crippen LogP contribution in [0.1, 0.15) is 12.0 Å². The molecule has 27 heavy (non-hydrogen) atoms. The van der Waals surface area contributed by atoms with E-state index in [1.807, 2.05) is 0 Å². The third kappa shape index (κ3) is 6.68. The highest BCUT2D eigenvalue weighted by Gasteiger charge is 2.23. The average molecular weight is 433 g/mol. The Kier molecular flexibility index (Phi) is 7.47. The number of carbonyl (C=O) groups is 1. The summed E-state index contributed by atoms with van der Waals surface area (Å²) in [6.07, 6.45) is 2.30. The summed E-state index contributed by atoms with van der Waals surface area (Å²) >= 11 is 11.9. The molecule has 2 aromatic rings. The zero-order valence-electron chi connectivity index (χ0n) is 14.6. The normalized spacial score (nSPS) is 11.3. The molecule has 0 radical (unpaired) electrons. The van der Waals surface area contributed by atoms with Crippen molar-refractivity contribution in [2.45, 2.75) is 12.8 Å². The second-order valence-corrected chi connectivity index (χ2v) is 8.70. The molecule has 0 heterocycles. The molecule has 146 valence electrons.